The van der Waals surface area contributed by atoms with Crippen molar-refractivity contribution in [3.05, 3.63) is 66.1 Å². The molecule has 6 heteroatoms. The molecule has 0 radical (unpaired) electrons. The summed E-state index contributed by atoms with van der Waals surface area (Å²) in [5.41, 5.74) is 2.07. The molecular formula is C22H24BNO4. The van der Waals surface area contributed by atoms with Gasteiger partial charge in [0.2, 0.25) is 0 Å². The fraction of sp³-hybridized carbons (Fsp3) is 0.318. The van der Waals surface area contributed by atoms with E-state index >= 15 is 0 Å². The normalized spacial score (nSPS) is 20.2. The zero-order chi connectivity index (χ0) is 20.3. The van der Waals surface area contributed by atoms with Gasteiger partial charge in [0.1, 0.15) is 5.75 Å². The zero-order valence-electron chi connectivity index (χ0n) is 16.9. The first-order valence-electron chi connectivity index (χ1n) is 9.37. The maximum atomic E-state index is 13.3. The van der Waals surface area contributed by atoms with Crippen LogP contribution in [-0.4, -0.2) is 24.2 Å². The number of carbonyl (C=O) groups excluding carboxylic acids is 1. The quantitative estimate of drug-likeness (QED) is 0.747. The van der Waals surface area contributed by atoms with Gasteiger partial charge in [0, 0.05) is 0 Å². The van der Waals surface area contributed by atoms with Crippen molar-refractivity contribution in [2.24, 2.45) is 0 Å². The average molecular weight is 377 g/mol. The Morgan fingerprint density at radius 3 is 2.29 bits per heavy atom. The van der Waals surface area contributed by atoms with Gasteiger partial charge in [-0.25, -0.2) is 4.90 Å². The van der Waals surface area contributed by atoms with Crippen molar-refractivity contribution in [1.82, 2.24) is 0 Å². The molecule has 2 aliphatic heterocycles. The van der Waals surface area contributed by atoms with E-state index in [-0.39, 0.29) is 11.8 Å². The number of rotatable bonds is 2. The first-order chi connectivity index (χ1) is 13.1. The molecule has 0 bridgehead atoms. The number of para-hydroxylation sites is 1. The van der Waals surface area contributed by atoms with Crippen molar-refractivity contribution in [1.29, 1.82) is 0 Å². The topological polar surface area (TPSA) is 48.0 Å². The monoisotopic (exact) mass is 377 g/mol. The molecule has 0 aromatic heterocycles. The first kappa shape index (κ1) is 18.8. The maximum Gasteiger partial charge on any atom is 0.494 e. The fourth-order valence-corrected chi connectivity index (χ4v) is 3.39. The summed E-state index contributed by atoms with van der Waals surface area (Å²) in [7, 11) is -0.542. The van der Waals surface area contributed by atoms with E-state index in [1.807, 2.05) is 65.0 Å². The van der Waals surface area contributed by atoms with Crippen LogP contribution in [0.3, 0.4) is 0 Å². The van der Waals surface area contributed by atoms with Crippen LogP contribution in [-0.2, 0) is 9.31 Å². The minimum absolute atomic E-state index is 0.182. The van der Waals surface area contributed by atoms with Gasteiger partial charge in [-0.2, -0.15) is 0 Å². The third-order valence-electron chi connectivity index (χ3n) is 5.80. The number of nitrogens with zero attached hydrogens (tertiary/aromatic N) is 1. The van der Waals surface area contributed by atoms with Crippen LogP contribution in [0.5, 0.6) is 5.75 Å². The number of benzene rings is 2. The number of fused-ring (bicyclic) bond motifs is 1. The third kappa shape index (κ3) is 2.84. The lowest BCUT2D eigenvalue weighted by Gasteiger charge is -2.32. The lowest BCUT2D eigenvalue weighted by Crippen LogP contribution is -2.41. The Hall–Kier alpha value is -2.57. The highest BCUT2D eigenvalue weighted by molar-refractivity contribution is 6.62. The van der Waals surface area contributed by atoms with E-state index in [2.05, 4.69) is 6.58 Å². The summed E-state index contributed by atoms with van der Waals surface area (Å²) in [5, 5.41) is 0. The molecule has 1 fully saturated rings. The molecule has 2 heterocycles. The van der Waals surface area contributed by atoms with Crippen LogP contribution in [0, 0.1) is 6.92 Å². The Balaban J connectivity index is 1.72. The molecule has 0 unspecified atom stereocenters. The molecule has 5 nitrogen and oxygen atoms in total. The molecule has 1 saturated heterocycles. The van der Waals surface area contributed by atoms with E-state index < -0.39 is 18.3 Å². The van der Waals surface area contributed by atoms with Gasteiger partial charge in [0.25, 0.3) is 5.91 Å². The Kier molecular flexibility index (Phi) is 4.17. The SMILES string of the molecule is C=C1Oc2ccc(B3OC(C)(C)C(C)(C)O3)cc2C(=O)N1c1ccccc1C. The molecule has 4 rings (SSSR count). The Bertz CT molecular complexity index is 966. The van der Waals surface area contributed by atoms with Crippen LogP contribution in [0.4, 0.5) is 5.69 Å². The predicted molar refractivity (Wildman–Crippen MR) is 110 cm³/mol. The molecule has 2 aromatic carbocycles. The number of amides is 1. The van der Waals surface area contributed by atoms with Crippen LogP contribution in [0.2, 0.25) is 0 Å². The van der Waals surface area contributed by atoms with E-state index in [9.17, 15) is 4.79 Å². The Morgan fingerprint density at radius 2 is 1.64 bits per heavy atom. The maximum absolute atomic E-state index is 13.3. The lowest BCUT2D eigenvalue weighted by atomic mass is 9.78. The molecule has 2 aromatic rings. The second kappa shape index (κ2) is 6.22. The molecular weight excluding hydrogens is 353 g/mol. The van der Waals surface area contributed by atoms with E-state index in [1.54, 1.807) is 12.1 Å². The Morgan fingerprint density at radius 1 is 1.00 bits per heavy atom. The standard InChI is InChI=1S/C22H24BNO4/c1-14-9-7-8-10-18(14)24-15(2)26-19-12-11-16(13-17(19)20(24)25)23-27-21(3,4)22(5,6)28-23/h7-13H,2H2,1,3-6H3. The molecule has 0 saturated carbocycles. The van der Waals surface area contributed by atoms with Crippen molar-refractivity contribution in [2.45, 2.75) is 45.8 Å². The van der Waals surface area contributed by atoms with Gasteiger partial charge in [-0.1, -0.05) is 24.3 Å². The lowest BCUT2D eigenvalue weighted by molar-refractivity contribution is 0.00578. The predicted octanol–water partition coefficient (Wildman–Crippen LogP) is 3.80. The molecule has 2 aliphatic rings. The molecule has 144 valence electrons. The van der Waals surface area contributed by atoms with Crippen molar-refractivity contribution in [3.63, 3.8) is 0 Å². The van der Waals surface area contributed by atoms with Crippen LogP contribution in [0.1, 0.15) is 43.6 Å². The van der Waals surface area contributed by atoms with Crippen LogP contribution in [0.15, 0.2) is 54.9 Å². The fourth-order valence-electron chi connectivity index (χ4n) is 3.39. The minimum atomic E-state index is -0.542. The number of aryl methyl sites for hydroxylation is 1. The van der Waals surface area contributed by atoms with Gasteiger partial charge in [-0.3, -0.25) is 4.79 Å². The highest BCUT2D eigenvalue weighted by atomic mass is 16.7. The summed E-state index contributed by atoms with van der Waals surface area (Å²) < 4.78 is 18.1. The molecule has 0 aliphatic carbocycles. The summed E-state index contributed by atoms with van der Waals surface area (Å²) in [4.78, 5) is 14.8. The van der Waals surface area contributed by atoms with Gasteiger partial charge in [-0.15, -0.1) is 0 Å². The number of hydrogen-bond acceptors (Lipinski definition) is 4. The van der Waals surface area contributed by atoms with Gasteiger partial charge in [-0.05, 0) is 70.4 Å². The largest absolute Gasteiger partial charge is 0.494 e. The second-order valence-corrected chi connectivity index (χ2v) is 8.27. The summed E-state index contributed by atoms with van der Waals surface area (Å²) in [5.74, 6) is 0.592. The van der Waals surface area contributed by atoms with Crippen LogP contribution < -0.4 is 15.1 Å². The second-order valence-electron chi connectivity index (χ2n) is 8.27. The van der Waals surface area contributed by atoms with Gasteiger partial charge in [0.05, 0.1) is 22.5 Å². The van der Waals surface area contributed by atoms with Crippen molar-refractivity contribution >= 4 is 24.2 Å². The van der Waals surface area contributed by atoms with E-state index in [1.165, 1.54) is 4.90 Å². The number of anilines is 1. The molecule has 0 N–H and O–H groups in total. The summed E-state index contributed by atoms with van der Waals surface area (Å²) >= 11 is 0. The van der Waals surface area contributed by atoms with E-state index in [0.717, 1.165) is 16.7 Å². The summed E-state index contributed by atoms with van der Waals surface area (Å²) in [6.45, 7) is 13.9. The van der Waals surface area contributed by atoms with E-state index in [4.69, 9.17) is 14.0 Å². The summed E-state index contributed by atoms with van der Waals surface area (Å²) in [6.07, 6.45) is 0. The highest BCUT2D eigenvalue weighted by Gasteiger charge is 2.52. The van der Waals surface area contributed by atoms with E-state index in [0.29, 0.717) is 11.3 Å². The Labute approximate surface area is 166 Å². The van der Waals surface area contributed by atoms with Crippen molar-refractivity contribution in [2.75, 3.05) is 4.90 Å². The average Bonchev–Trinajstić information content (AvgIpc) is 2.84. The minimum Gasteiger partial charge on any atom is -0.440 e. The number of ether oxygens (including phenoxy) is 1. The molecule has 0 spiro atoms. The highest BCUT2D eigenvalue weighted by Crippen LogP contribution is 2.38. The van der Waals surface area contributed by atoms with Crippen molar-refractivity contribution < 1.29 is 18.8 Å². The van der Waals surface area contributed by atoms with Gasteiger partial charge in [0.15, 0.2) is 5.88 Å². The summed E-state index contributed by atoms with van der Waals surface area (Å²) in [6, 6.07) is 13.1. The molecule has 1 amide bonds. The van der Waals surface area contributed by atoms with Crippen LogP contribution >= 0.6 is 0 Å². The number of carbonyl (C=O) groups is 1. The molecule has 0 atom stereocenters. The third-order valence-corrected chi connectivity index (χ3v) is 5.80. The van der Waals surface area contributed by atoms with Gasteiger partial charge < -0.3 is 14.0 Å². The van der Waals surface area contributed by atoms with Crippen molar-refractivity contribution in [3.8, 4) is 5.75 Å². The first-order valence-corrected chi connectivity index (χ1v) is 9.37. The smallest absolute Gasteiger partial charge is 0.440 e. The van der Waals surface area contributed by atoms with Crippen LogP contribution in [0.25, 0.3) is 0 Å². The van der Waals surface area contributed by atoms with Gasteiger partial charge >= 0.3 is 7.12 Å². The molecule has 28 heavy (non-hydrogen) atoms. The number of hydrogen-bond donors (Lipinski definition) is 0. The zero-order valence-corrected chi connectivity index (χ0v) is 16.9.